The average Bonchev–Trinajstić information content (AvgIpc) is 3.80. The Hall–Kier alpha value is -7.63. The molecule has 0 N–H and O–H groups in total. The molecule has 0 fully saturated rings. The van der Waals surface area contributed by atoms with Crippen molar-refractivity contribution in [3.05, 3.63) is 200 Å². The van der Waals surface area contributed by atoms with Gasteiger partial charge in [0.2, 0.25) is 5.95 Å². The maximum atomic E-state index is 5.38. The lowest BCUT2D eigenvalue weighted by atomic mass is 9.94. The number of aromatic nitrogens is 5. The predicted molar refractivity (Wildman–Crippen MR) is 230 cm³/mol. The van der Waals surface area contributed by atoms with E-state index in [1.165, 1.54) is 21.9 Å². The highest BCUT2D eigenvalue weighted by Crippen LogP contribution is 2.44. The van der Waals surface area contributed by atoms with Gasteiger partial charge < -0.3 is 4.57 Å². The summed E-state index contributed by atoms with van der Waals surface area (Å²) in [7, 11) is 0. The summed E-state index contributed by atoms with van der Waals surface area (Å²) in [5.74, 6) is 1.78. The summed E-state index contributed by atoms with van der Waals surface area (Å²) in [6.45, 7) is 0. The molecule has 8 aromatic carbocycles. The number of nitrogens with zero attached hydrogens (tertiary/aromatic N) is 5. The monoisotopic (exact) mass is 715 g/mol. The van der Waals surface area contributed by atoms with Gasteiger partial charge in [-0.15, -0.1) is 0 Å². The first-order valence-corrected chi connectivity index (χ1v) is 18.9. The SMILES string of the molecule is c1ccc(-c2nc(-c3ccccc3-n3c4ccccc4c4c(-c5ccccc5)ccc(-c5ccccc5)c43)nc(-n3c4ccccc4c4ccccc43)n2)cc1. The summed E-state index contributed by atoms with van der Waals surface area (Å²) in [6.07, 6.45) is 0. The molecule has 0 saturated carbocycles. The summed E-state index contributed by atoms with van der Waals surface area (Å²) in [4.78, 5) is 15.8. The Morgan fingerprint density at radius 3 is 1.41 bits per heavy atom. The van der Waals surface area contributed by atoms with E-state index in [9.17, 15) is 0 Å². The smallest absolute Gasteiger partial charge is 0.238 e. The molecule has 0 unspecified atom stereocenters. The third kappa shape index (κ3) is 5.06. The van der Waals surface area contributed by atoms with Crippen LogP contribution in [0.5, 0.6) is 0 Å². The van der Waals surface area contributed by atoms with Crippen LogP contribution in [0, 0.1) is 0 Å². The molecule has 3 heterocycles. The zero-order chi connectivity index (χ0) is 37.0. The largest absolute Gasteiger partial charge is 0.308 e. The molecule has 0 amide bonds. The van der Waals surface area contributed by atoms with Gasteiger partial charge in [0, 0.05) is 38.2 Å². The topological polar surface area (TPSA) is 48.5 Å². The lowest BCUT2D eigenvalue weighted by molar-refractivity contribution is 0.951. The molecule has 11 aromatic rings. The van der Waals surface area contributed by atoms with Gasteiger partial charge >= 0.3 is 0 Å². The summed E-state index contributed by atoms with van der Waals surface area (Å²) in [6, 6.07) is 70.3. The van der Waals surface area contributed by atoms with E-state index in [1.807, 2.05) is 18.2 Å². The molecule has 3 aromatic heterocycles. The number of hydrogen-bond donors (Lipinski definition) is 0. The number of rotatable bonds is 6. The van der Waals surface area contributed by atoms with E-state index in [0.717, 1.165) is 60.8 Å². The van der Waals surface area contributed by atoms with Gasteiger partial charge in [-0.05, 0) is 47.0 Å². The highest BCUT2D eigenvalue weighted by molar-refractivity contribution is 6.20. The van der Waals surface area contributed by atoms with E-state index in [2.05, 4.69) is 191 Å². The molecule has 5 heteroatoms. The molecule has 0 radical (unpaired) electrons. The summed E-state index contributed by atoms with van der Waals surface area (Å²) in [5.41, 5.74) is 11.8. The van der Waals surface area contributed by atoms with Gasteiger partial charge in [0.1, 0.15) is 0 Å². The Bertz CT molecular complexity index is 3180. The molecule has 0 bridgehead atoms. The van der Waals surface area contributed by atoms with Gasteiger partial charge in [-0.1, -0.05) is 170 Å². The number of para-hydroxylation sites is 4. The van der Waals surface area contributed by atoms with Crippen molar-refractivity contribution in [2.24, 2.45) is 0 Å². The summed E-state index contributed by atoms with van der Waals surface area (Å²) < 4.78 is 4.59. The zero-order valence-corrected chi connectivity index (χ0v) is 30.3. The van der Waals surface area contributed by atoms with Crippen LogP contribution in [0.4, 0.5) is 0 Å². The number of fused-ring (bicyclic) bond motifs is 6. The van der Waals surface area contributed by atoms with E-state index in [0.29, 0.717) is 17.6 Å². The summed E-state index contributed by atoms with van der Waals surface area (Å²) in [5, 5.41) is 4.69. The molecule has 56 heavy (non-hydrogen) atoms. The molecule has 0 spiro atoms. The standard InChI is InChI=1S/C51H33N5/c1-4-18-34(19-5-1)37-32-33-38(35-20-6-2-7-21-35)48-47(37)41-26-12-16-30-45(41)55(48)46-31-17-13-27-42(46)50-52-49(36-22-8-3-9-23-36)53-51(54-50)56-43-28-14-10-24-39(43)40-25-11-15-29-44(40)56/h1-33H. The van der Waals surface area contributed by atoms with Gasteiger partial charge in [-0.25, -0.2) is 4.98 Å². The van der Waals surface area contributed by atoms with Crippen molar-refractivity contribution in [3.63, 3.8) is 0 Å². The van der Waals surface area contributed by atoms with Gasteiger partial charge in [-0.2, -0.15) is 9.97 Å². The molecule has 11 rings (SSSR count). The maximum Gasteiger partial charge on any atom is 0.238 e. The lowest BCUT2D eigenvalue weighted by Gasteiger charge is -2.17. The van der Waals surface area contributed by atoms with Crippen LogP contribution in [-0.4, -0.2) is 24.1 Å². The number of benzene rings is 8. The normalized spacial score (nSPS) is 11.6. The molecule has 0 atom stereocenters. The predicted octanol–water partition coefficient (Wildman–Crippen LogP) is 12.7. The first-order valence-electron chi connectivity index (χ1n) is 18.9. The van der Waals surface area contributed by atoms with Crippen LogP contribution < -0.4 is 0 Å². The van der Waals surface area contributed by atoms with E-state index >= 15 is 0 Å². The molecule has 5 nitrogen and oxygen atoms in total. The van der Waals surface area contributed by atoms with Gasteiger partial charge in [0.25, 0.3) is 0 Å². The van der Waals surface area contributed by atoms with Crippen molar-refractivity contribution < 1.29 is 0 Å². The summed E-state index contributed by atoms with van der Waals surface area (Å²) >= 11 is 0. The Balaban J connectivity index is 1.24. The molecule has 0 aliphatic rings. The Morgan fingerprint density at radius 2 is 0.768 bits per heavy atom. The third-order valence-corrected chi connectivity index (χ3v) is 10.8. The van der Waals surface area contributed by atoms with E-state index in [-0.39, 0.29) is 0 Å². The van der Waals surface area contributed by atoms with Gasteiger partial charge in [0.05, 0.1) is 27.8 Å². The van der Waals surface area contributed by atoms with Crippen LogP contribution in [0.15, 0.2) is 200 Å². The van der Waals surface area contributed by atoms with E-state index in [4.69, 9.17) is 15.0 Å². The van der Waals surface area contributed by atoms with Gasteiger partial charge in [0.15, 0.2) is 11.6 Å². The van der Waals surface area contributed by atoms with Crippen molar-refractivity contribution in [2.45, 2.75) is 0 Å². The quantitative estimate of drug-likeness (QED) is 0.172. The maximum absolute atomic E-state index is 5.38. The lowest BCUT2D eigenvalue weighted by Crippen LogP contribution is -2.08. The van der Waals surface area contributed by atoms with E-state index in [1.54, 1.807) is 0 Å². The number of hydrogen-bond acceptors (Lipinski definition) is 3. The first-order chi connectivity index (χ1) is 27.8. The van der Waals surface area contributed by atoms with Crippen LogP contribution >= 0.6 is 0 Å². The van der Waals surface area contributed by atoms with Crippen molar-refractivity contribution in [1.29, 1.82) is 0 Å². The second-order valence-electron chi connectivity index (χ2n) is 14.0. The van der Waals surface area contributed by atoms with Crippen molar-refractivity contribution in [1.82, 2.24) is 24.1 Å². The fraction of sp³-hybridized carbons (Fsp3) is 0. The van der Waals surface area contributed by atoms with Crippen LogP contribution in [0.1, 0.15) is 0 Å². The Morgan fingerprint density at radius 1 is 0.304 bits per heavy atom. The van der Waals surface area contributed by atoms with Crippen molar-refractivity contribution in [3.8, 4) is 56.7 Å². The second kappa shape index (κ2) is 13.0. The Kier molecular flexibility index (Phi) is 7.42. The fourth-order valence-electron chi connectivity index (χ4n) is 8.35. The molecule has 0 aliphatic heterocycles. The van der Waals surface area contributed by atoms with Crippen LogP contribution in [-0.2, 0) is 0 Å². The fourth-order valence-corrected chi connectivity index (χ4v) is 8.35. The molecule has 0 aliphatic carbocycles. The molecule has 0 saturated heterocycles. The van der Waals surface area contributed by atoms with Crippen molar-refractivity contribution >= 4 is 43.6 Å². The molecular formula is C51H33N5. The first kappa shape index (κ1) is 31.9. The Labute approximate surface area is 323 Å². The van der Waals surface area contributed by atoms with Crippen LogP contribution in [0.25, 0.3) is 100 Å². The van der Waals surface area contributed by atoms with Gasteiger partial charge in [-0.3, -0.25) is 4.57 Å². The minimum atomic E-state index is 0.569. The average molecular weight is 716 g/mol. The second-order valence-corrected chi connectivity index (χ2v) is 14.0. The highest BCUT2D eigenvalue weighted by atomic mass is 15.2. The molecule has 262 valence electrons. The van der Waals surface area contributed by atoms with Crippen molar-refractivity contribution in [2.75, 3.05) is 0 Å². The van der Waals surface area contributed by atoms with Crippen LogP contribution in [0.3, 0.4) is 0 Å². The zero-order valence-electron chi connectivity index (χ0n) is 30.3. The third-order valence-electron chi connectivity index (χ3n) is 10.8. The molecular weight excluding hydrogens is 683 g/mol. The van der Waals surface area contributed by atoms with Crippen LogP contribution in [0.2, 0.25) is 0 Å². The minimum Gasteiger partial charge on any atom is -0.308 e. The van der Waals surface area contributed by atoms with E-state index < -0.39 is 0 Å². The highest BCUT2D eigenvalue weighted by Gasteiger charge is 2.24. The minimum absolute atomic E-state index is 0.569.